The van der Waals surface area contributed by atoms with Crippen LogP contribution in [0.2, 0.25) is 5.02 Å². The molecule has 0 aliphatic heterocycles. The number of ether oxygens (including phenoxy) is 1. The molecule has 0 aliphatic rings. The van der Waals surface area contributed by atoms with E-state index in [1.807, 2.05) is 44.3 Å². The molecule has 4 heteroatoms. The van der Waals surface area contributed by atoms with E-state index in [2.05, 4.69) is 17.2 Å². The zero-order chi connectivity index (χ0) is 14.5. The summed E-state index contributed by atoms with van der Waals surface area (Å²) in [6.45, 7) is 4.71. The molecule has 0 saturated carbocycles. The second-order valence-corrected chi connectivity index (χ2v) is 5.01. The molecule has 0 aliphatic carbocycles. The minimum atomic E-state index is 0.662. The standard InChI is InChI=1S/C16H19ClN2O/c1-4-14-16(9-8-11(2)19-14)20-15-7-5-6-13(17)12(15)10-18-3/h5-9,18H,4,10H2,1-3H3. The Balaban J connectivity index is 2.37. The zero-order valence-corrected chi connectivity index (χ0v) is 12.8. The van der Waals surface area contributed by atoms with Gasteiger partial charge in [0.05, 0.1) is 5.69 Å². The van der Waals surface area contributed by atoms with Crippen LogP contribution in [0.25, 0.3) is 0 Å². The summed E-state index contributed by atoms with van der Waals surface area (Å²) in [4.78, 5) is 4.51. The van der Waals surface area contributed by atoms with Crippen molar-refractivity contribution in [2.45, 2.75) is 26.8 Å². The van der Waals surface area contributed by atoms with Gasteiger partial charge in [-0.15, -0.1) is 0 Å². The van der Waals surface area contributed by atoms with Gasteiger partial charge < -0.3 is 10.1 Å². The van der Waals surface area contributed by atoms with Crippen molar-refractivity contribution in [2.75, 3.05) is 7.05 Å². The van der Waals surface area contributed by atoms with E-state index in [-0.39, 0.29) is 0 Å². The average Bonchev–Trinajstić information content (AvgIpc) is 2.44. The maximum atomic E-state index is 6.24. The van der Waals surface area contributed by atoms with Crippen LogP contribution >= 0.6 is 11.6 Å². The summed E-state index contributed by atoms with van der Waals surface area (Å²) in [5.74, 6) is 1.56. The van der Waals surface area contributed by atoms with Gasteiger partial charge in [0.15, 0.2) is 0 Å². The molecule has 0 unspecified atom stereocenters. The van der Waals surface area contributed by atoms with Gasteiger partial charge in [-0.05, 0) is 44.7 Å². The number of nitrogens with zero attached hydrogens (tertiary/aromatic N) is 1. The van der Waals surface area contributed by atoms with Crippen LogP contribution in [0, 0.1) is 6.92 Å². The molecule has 0 bridgehead atoms. The number of aromatic nitrogens is 1. The van der Waals surface area contributed by atoms with E-state index in [0.717, 1.165) is 34.9 Å². The van der Waals surface area contributed by atoms with Crippen LogP contribution in [0.4, 0.5) is 0 Å². The first kappa shape index (κ1) is 14.8. The van der Waals surface area contributed by atoms with Gasteiger partial charge in [-0.1, -0.05) is 24.6 Å². The Bertz CT molecular complexity index is 599. The molecule has 0 spiro atoms. The highest BCUT2D eigenvalue weighted by molar-refractivity contribution is 6.31. The second kappa shape index (κ2) is 6.73. The molecule has 3 nitrogen and oxygen atoms in total. The predicted octanol–water partition coefficient (Wildman–Crippen LogP) is 4.12. The fourth-order valence-corrected chi connectivity index (χ4v) is 2.28. The van der Waals surface area contributed by atoms with Gasteiger partial charge in [0, 0.05) is 22.8 Å². The summed E-state index contributed by atoms with van der Waals surface area (Å²) in [6, 6.07) is 9.61. The normalized spacial score (nSPS) is 10.6. The number of hydrogen-bond acceptors (Lipinski definition) is 3. The Morgan fingerprint density at radius 1 is 1.20 bits per heavy atom. The number of halogens is 1. The van der Waals surface area contributed by atoms with Crippen LogP contribution in [-0.4, -0.2) is 12.0 Å². The van der Waals surface area contributed by atoms with Crippen molar-refractivity contribution < 1.29 is 4.74 Å². The average molecular weight is 291 g/mol. The van der Waals surface area contributed by atoms with Crippen LogP contribution in [0.15, 0.2) is 30.3 Å². The number of rotatable bonds is 5. The Labute approximate surface area is 124 Å². The molecule has 1 aromatic carbocycles. The van der Waals surface area contributed by atoms with Crippen molar-refractivity contribution >= 4 is 11.6 Å². The Kier molecular flexibility index (Phi) is 4.99. The van der Waals surface area contributed by atoms with Crippen molar-refractivity contribution in [1.29, 1.82) is 0 Å². The van der Waals surface area contributed by atoms with E-state index in [1.165, 1.54) is 0 Å². The maximum absolute atomic E-state index is 6.24. The Morgan fingerprint density at radius 3 is 2.70 bits per heavy atom. The maximum Gasteiger partial charge on any atom is 0.148 e. The molecule has 2 rings (SSSR count). The largest absolute Gasteiger partial charge is 0.455 e. The van der Waals surface area contributed by atoms with Crippen LogP contribution in [0.3, 0.4) is 0 Å². The first-order valence-corrected chi connectivity index (χ1v) is 7.09. The van der Waals surface area contributed by atoms with E-state index in [9.17, 15) is 0 Å². The van der Waals surface area contributed by atoms with Crippen molar-refractivity contribution in [1.82, 2.24) is 10.3 Å². The van der Waals surface area contributed by atoms with Gasteiger partial charge in [-0.25, -0.2) is 0 Å². The van der Waals surface area contributed by atoms with Gasteiger partial charge in [0.25, 0.3) is 0 Å². The lowest BCUT2D eigenvalue weighted by molar-refractivity contribution is 0.465. The van der Waals surface area contributed by atoms with Crippen molar-refractivity contribution in [2.24, 2.45) is 0 Å². The molecule has 1 aromatic heterocycles. The predicted molar refractivity (Wildman–Crippen MR) is 82.6 cm³/mol. The summed E-state index contributed by atoms with van der Waals surface area (Å²) < 4.78 is 6.03. The van der Waals surface area contributed by atoms with Crippen LogP contribution in [0.1, 0.15) is 23.9 Å². The van der Waals surface area contributed by atoms with Crippen molar-refractivity contribution in [3.8, 4) is 11.5 Å². The SMILES string of the molecule is CCc1nc(C)ccc1Oc1cccc(Cl)c1CNC. The van der Waals surface area contributed by atoms with Crippen LogP contribution < -0.4 is 10.1 Å². The Morgan fingerprint density at radius 2 is 2.00 bits per heavy atom. The summed E-state index contributed by atoms with van der Waals surface area (Å²) in [5, 5.41) is 3.81. The number of pyridine rings is 1. The first-order valence-electron chi connectivity index (χ1n) is 6.72. The molecule has 1 N–H and O–H groups in total. The second-order valence-electron chi connectivity index (χ2n) is 4.60. The number of benzene rings is 1. The van der Waals surface area contributed by atoms with Gasteiger partial charge in [0.1, 0.15) is 11.5 Å². The molecule has 0 amide bonds. The van der Waals surface area contributed by atoms with E-state index >= 15 is 0 Å². The molecule has 0 radical (unpaired) electrons. The summed E-state index contributed by atoms with van der Waals surface area (Å²) in [6.07, 6.45) is 0.832. The highest BCUT2D eigenvalue weighted by atomic mass is 35.5. The minimum Gasteiger partial charge on any atom is -0.455 e. The minimum absolute atomic E-state index is 0.662. The first-order chi connectivity index (χ1) is 9.65. The monoisotopic (exact) mass is 290 g/mol. The summed E-state index contributed by atoms with van der Waals surface area (Å²) in [5.41, 5.74) is 2.91. The number of aryl methyl sites for hydroxylation is 2. The molecule has 20 heavy (non-hydrogen) atoms. The molecule has 0 fully saturated rings. The van der Waals surface area contributed by atoms with E-state index in [0.29, 0.717) is 11.6 Å². The molecule has 106 valence electrons. The third-order valence-electron chi connectivity index (χ3n) is 3.06. The van der Waals surface area contributed by atoms with E-state index in [1.54, 1.807) is 0 Å². The lowest BCUT2D eigenvalue weighted by Gasteiger charge is -2.14. The zero-order valence-electron chi connectivity index (χ0n) is 12.0. The fourth-order valence-electron chi connectivity index (χ4n) is 2.05. The summed E-state index contributed by atoms with van der Waals surface area (Å²) in [7, 11) is 1.89. The number of hydrogen-bond donors (Lipinski definition) is 1. The third kappa shape index (κ3) is 3.30. The van der Waals surface area contributed by atoms with Gasteiger partial charge in [-0.3, -0.25) is 4.98 Å². The lowest BCUT2D eigenvalue weighted by atomic mass is 10.2. The molecule has 0 atom stereocenters. The third-order valence-corrected chi connectivity index (χ3v) is 3.41. The summed E-state index contributed by atoms with van der Waals surface area (Å²) >= 11 is 6.24. The molecular weight excluding hydrogens is 272 g/mol. The topological polar surface area (TPSA) is 34.1 Å². The van der Waals surface area contributed by atoms with Crippen molar-refractivity contribution in [3.63, 3.8) is 0 Å². The quantitative estimate of drug-likeness (QED) is 0.899. The molecular formula is C16H19ClN2O. The molecule has 2 aromatic rings. The van der Waals surface area contributed by atoms with Crippen LogP contribution in [0.5, 0.6) is 11.5 Å². The van der Waals surface area contributed by atoms with Gasteiger partial charge in [-0.2, -0.15) is 0 Å². The van der Waals surface area contributed by atoms with E-state index in [4.69, 9.17) is 16.3 Å². The van der Waals surface area contributed by atoms with Gasteiger partial charge >= 0.3 is 0 Å². The van der Waals surface area contributed by atoms with Gasteiger partial charge in [0.2, 0.25) is 0 Å². The molecule has 1 heterocycles. The van der Waals surface area contributed by atoms with E-state index < -0.39 is 0 Å². The highest BCUT2D eigenvalue weighted by Gasteiger charge is 2.11. The number of nitrogens with one attached hydrogen (secondary N) is 1. The Hall–Kier alpha value is -1.58. The molecule has 0 saturated heterocycles. The van der Waals surface area contributed by atoms with Crippen LogP contribution in [-0.2, 0) is 13.0 Å². The fraction of sp³-hybridized carbons (Fsp3) is 0.312. The highest BCUT2D eigenvalue weighted by Crippen LogP contribution is 2.31. The smallest absolute Gasteiger partial charge is 0.148 e. The lowest BCUT2D eigenvalue weighted by Crippen LogP contribution is -2.07. The van der Waals surface area contributed by atoms with Crippen molar-refractivity contribution in [3.05, 3.63) is 52.3 Å².